The Morgan fingerprint density at radius 3 is 2.29 bits per heavy atom. The van der Waals surface area contributed by atoms with Gasteiger partial charge < -0.3 is 34.0 Å². The summed E-state index contributed by atoms with van der Waals surface area (Å²) >= 11 is 0. The van der Waals surface area contributed by atoms with Crippen molar-refractivity contribution < 1.29 is 37.0 Å². The van der Waals surface area contributed by atoms with Crippen LogP contribution in [0, 0.1) is 10.1 Å². The average molecular weight is 534 g/mol. The lowest BCUT2D eigenvalue weighted by atomic mass is 10.1. The maximum Gasteiger partial charge on any atom is 0.573 e. The summed E-state index contributed by atoms with van der Waals surface area (Å²) in [5.74, 6) is 0.884. The van der Waals surface area contributed by atoms with Gasteiger partial charge in [-0.3, -0.25) is 4.57 Å². The number of nitrogens with zero attached hydrogens (tertiary/aromatic N) is 4. The normalized spacial score (nSPS) is 17.9. The fraction of sp³-hybridized carbons (Fsp3) is 0.400. The van der Waals surface area contributed by atoms with Gasteiger partial charge in [-0.05, 0) is 53.5 Å². The second kappa shape index (κ2) is 10.7. The first-order valence-corrected chi connectivity index (χ1v) is 12.1. The number of benzene rings is 2. The second-order valence-corrected chi connectivity index (χ2v) is 8.99. The van der Waals surface area contributed by atoms with Crippen LogP contribution in [0.25, 0.3) is 0 Å². The molecule has 38 heavy (non-hydrogen) atoms. The van der Waals surface area contributed by atoms with Crippen molar-refractivity contribution in [1.82, 2.24) is 9.55 Å². The van der Waals surface area contributed by atoms with Crippen LogP contribution in [0.1, 0.15) is 19.3 Å². The van der Waals surface area contributed by atoms with E-state index in [4.69, 9.17) is 14.2 Å². The number of imidazole rings is 1. The Kier molecular flexibility index (Phi) is 7.16. The van der Waals surface area contributed by atoms with Gasteiger partial charge in [0.05, 0.1) is 0 Å². The first-order valence-electron chi connectivity index (χ1n) is 12.1. The van der Waals surface area contributed by atoms with Gasteiger partial charge in [-0.25, -0.2) is 0 Å². The van der Waals surface area contributed by atoms with Gasteiger partial charge in [0.1, 0.15) is 42.3 Å². The Morgan fingerprint density at radius 1 is 0.974 bits per heavy atom. The molecular weight excluding hydrogens is 509 g/mol. The molecule has 202 valence electrons. The van der Waals surface area contributed by atoms with Gasteiger partial charge in [0.15, 0.2) is 0 Å². The molecule has 1 fully saturated rings. The first-order chi connectivity index (χ1) is 18.2. The van der Waals surface area contributed by atoms with Crippen molar-refractivity contribution in [1.29, 1.82) is 0 Å². The zero-order valence-corrected chi connectivity index (χ0v) is 20.2. The van der Waals surface area contributed by atoms with Crippen molar-refractivity contribution in [2.45, 2.75) is 44.4 Å². The lowest BCUT2D eigenvalue weighted by Crippen LogP contribution is -2.38. The number of hydrogen-bond acceptors (Lipinski definition) is 8. The highest BCUT2D eigenvalue weighted by atomic mass is 19.4. The van der Waals surface area contributed by atoms with Gasteiger partial charge in [0.2, 0.25) is 0 Å². The molecule has 13 heteroatoms. The predicted molar refractivity (Wildman–Crippen MR) is 129 cm³/mol. The van der Waals surface area contributed by atoms with E-state index in [9.17, 15) is 23.3 Å². The van der Waals surface area contributed by atoms with Crippen LogP contribution in [0.2, 0.25) is 0 Å². The van der Waals surface area contributed by atoms with E-state index in [-0.39, 0.29) is 36.4 Å². The molecular formula is C25H25F3N4O6. The van der Waals surface area contributed by atoms with E-state index in [1.807, 2.05) is 24.3 Å². The van der Waals surface area contributed by atoms with Crippen LogP contribution in [0.5, 0.6) is 23.3 Å². The zero-order valence-electron chi connectivity index (χ0n) is 20.2. The number of anilines is 1. The summed E-state index contributed by atoms with van der Waals surface area (Å²) in [5.41, 5.74) is 0.837. The fourth-order valence-corrected chi connectivity index (χ4v) is 4.42. The van der Waals surface area contributed by atoms with Crippen LogP contribution in [0.15, 0.2) is 54.7 Å². The van der Waals surface area contributed by atoms with Crippen molar-refractivity contribution in [2.75, 3.05) is 24.6 Å². The van der Waals surface area contributed by atoms with Gasteiger partial charge in [-0.15, -0.1) is 13.2 Å². The van der Waals surface area contributed by atoms with E-state index in [0.29, 0.717) is 37.6 Å². The summed E-state index contributed by atoms with van der Waals surface area (Å²) in [4.78, 5) is 16.3. The number of ether oxygens (including phenoxy) is 4. The number of alkyl halides is 3. The molecule has 0 radical (unpaired) electrons. The van der Waals surface area contributed by atoms with E-state index in [2.05, 4.69) is 14.6 Å². The third kappa shape index (κ3) is 6.39. The SMILES string of the molecule is O=[N+]([O-])c1cn2c(n1)O[C@@H](COc1ccc(OC3CCN(c4ccc(OC(F)(F)F)cc4)CC3)cc1)CC2. The second-order valence-electron chi connectivity index (χ2n) is 8.99. The quantitative estimate of drug-likeness (QED) is 0.295. The average Bonchev–Trinajstić information content (AvgIpc) is 3.32. The lowest BCUT2D eigenvalue weighted by Gasteiger charge is -2.33. The molecule has 1 aromatic heterocycles. The summed E-state index contributed by atoms with van der Waals surface area (Å²) in [6.45, 7) is 2.28. The zero-order chi connectivity index (χ0) is 26.7. The lowest BCUT2D eigenvalue weighted by molar-refractivity contribution is -0.389. The number of hydrogen-bond donors (Lipinski definition) is 0. The van der Waals surface area contributed by atoms with Crippen LogP contribution in [0.3, 0.4) is 0 Å². The Morgan fingerprint density at radius 2 is 1.63 bits per heavy atom. The minimum absolute atomic E-state index is 0.0225. The molecule has 0 N–H and O–H groups in total. The Labute approximate surface area is 215 Å². The van der Waals surface area contributed by atoms with E-state index < -0.39 is 11.3 Å². The number of piperidine rings is 1. The number of fused-ring (bicyclic) bond motifs is 1. The molecule has 0 aliphatic carbocycles. The number of nitro groups is 1. The molecule has 10 nitrogen and oxygen atoms in total. The van der Waals surface area contributed by atoms with Gasteiger partial charge in [-0.1, -0.05) is 0 Å². The molecule has 3 aromatic rings. The molecule has 0 bridgehead atoms. The Bertz CT molecular complexity index is 1240. The molecule has 1 saturated heterocycles. The summed E-state index contributed by atoms with van der Waals surface area (Å²) in [6.07, 6.45) is -1.40. The van der Waals surface area contributed by atoms with Crippen molar-refractivity contribution in [3.05, 3.63) is 64.8 Å². The maximum atomic E-state index is 12.3. The molecule has 5 rings (SSSR count). The summed E-state index contributed by atoms with van der Waals surface area (Å²) < 4.78 is 60.2. The summed E-state index contributed by atoms with van der Waals surface area (Å²) in [6, 6.07) is 13.4. The van der Waals surface area contributed by atoms with Crippen LogP contribution in [-0.2, 0) is 6.54 Å². The minimum atomic E-state index is -4.70. The van der Waals surface area contributed by atoms with Crippen molar-refractivity contribution in [2.24, 2.45) is 0 Å². The third-order valence-electron chi connectivity index (χ3n) is 6.32. The topological polar surface area (TPSA) is 101 Å². The minimum Gasteiger partial charge on any atom is -0.490 e. The molecule has 2 aliphatic rings. The monoisotopic (exact) mass is 534 g/mol. The summed E-state index contributed by atoms with van der Waals surface area (Å²) in [7, 11) is 0. The van der Waals surface area contributed by atoms with E-state index >= 15 is 0 Å². The molecule has 1 atom stereocenters. The molecule has 0 spiro atoms. The maximum absolute atomic E-state index is 12.3. The molecule has 0 unspecified atom stereocenters. The third-order valence-corrected chi connectivity index (χ3v) is 6.32. The molecule has 3 heterocycles. The molecule has 0 amide bonds. The Hall–Kier alpha value is -4.16. The van der Waals surface area contributed by atoms with Crippen LogP contribution in [0.4, 0.5) is 24.7 Å². The Balaban J connectivity index is 1.05. The van der Waals surface area contributed by atoms with Gasteiger partial charge in [0, 0.05) is 49.6 Å². The number of rotatable bonds is 8. The summed E-state index contributed by atoms with van der Waals surface area (Å²) in [5, 5.41) is 10.9. The smallest absolute Gasteiger partial charge is 0.490 e. The highest BCUT2D eigenvalue weighted by Crippen LogP contribution is 2.29. The number of aromatic nitrogens is 2. The van der Waals surface area contributed by atoms with Crippen LogP contribution < -0.4 is 23.8 Å². The first kappa shape index (κ1) is 25.5. The predicted octanol–water partition coefficient (Wildman–Crippen LogP) is 4.97. The molecule has 2 aliphatic heterocycles. The van der Waals surface area contributed by atoms with Gasteiger partial charge >= 0.3 is 18.2 Å². The standard InChI is InChI=1S/C25H25F3N4O6/c26-25(27,28)38-21-3-1-17(2-4-21)30-12-9-20(10-13-30)36-19-7-5-18(6-8-19)35-16-22-11-14-31-15-23(32(33)34)29-24(31)37-22/h1-8,15,20,22H,9-14,16H2/t22-/m1/s1. The van der Waals surface area contributed by atoms with Crippen LogP contribution >= 0.6 is 0 Å². The van der Waals surface area contributed by atoms with E-state index in [0.717, 1.165) is 18.5 Å². The highest BCUT2D eigenvalue weighted by Gasteiger charge is 2.31. The van der Waals surface area contributed by atoms with Crippen LogP contribution in [-0.4, -0.2) is 52.7 Å². The largest absolute Gasteiger partial charge is 0.573 e. The van der Waals surface area contributed by atoms with E-state index in [1.54, 1.807) is 16.7 Å². The van der Waals surface area contributed by atoms with E-state index in [1.165, 1.54) is 18.3 Å². The van der Waals surface area contributed by atoms with Gasteiger partial charge in [0.25, 0.3) is 0 Å². The van der Waals surface area contributed by atoms with Crippen molar-refractivity contribution in [3.8, 4) is 23.3 Å². The number of aryl methyl sites for hydroxylation is 1. The van der Waals surface area contributed by atoms with Crippen molar-refractivity contribution in [3.63, 3.8) is 0 Å². The van der Waals surface area contributed by atoms with Gasteiger partial charge in [-0.2, -0.15) is 0 Å². The molecule has 2 aromatic carbocycles. The molecule has 0 saturated carbocycles. The fourth-order valence-electron chi connectivity index (χ4n) is 4.42. The number of halogens is 3. The van der Waals surface area contributed by atoms with Crippen molar-refractivity contribution >= 4 is 11.5 Å². The highest BCUT2D eigenvalue weighted by molar-refractivity contribution is 5.49.